The van der Waals surface area contributed by atoms with Crippen LogP contribution < -0.4 is 5.32 Å². The second kappa shape index (κ2) is 9.36. The minimum Gasteiger partial charge on any atom is -0.325 e. The molecular weight excluding hydrogens is 431 g/mol. The van der Waals surface area contributed by atoms with Crippen molar-refractivity contribution in [2.24, 2.45) is 0 Å². The van der Waals surface area contributed by atoms with Gasteiger partial charge in [0, 0.05) is 11.3 Å². The first-order valence-corrected chi connectivity index (χ1v) is 11.4. The molecule has 4 rings (SSSR count). The van der Waals surface area contributed by atoms with Gasteiger partial charge in [-0.1, -0.05) is 48.2 Å². The Kier molecular flexibility index (Phi) is 6.39. The van der Waals surface area contributed by atoms with Crippen LogP contribution in [0.3, 0.4) is 0 Å². The standard InChI is InChI=1S/C23H19FN4OS2/c1-14-8-9-17(12-18(14)24)26-20(29)13-30-21-11-10-19(27-28-21)22-15(2)25-23(31-22)16-6-4-3-5-7-16/h3-12H,13H2,1-2H3,(H,26,29). The molecular formula is C23H19FN4OS2. The van der Waals surface area contributed by atoms with Gasteiger partial charge in [0.1, 0.15) is 21.5 Å². The van der Waals surface area contributed by atoms with Gasteiger partial charge in [0.2, 0.25) is 5.91 Å². The van der Waals surface area contributed by atoms with Crippen LogP contribution in [0, 0.1) is 19.7 Å². The van der Waals surface area contributed by atoms with Gasteiger partial charge >= 0.3 is 0 Å². The van der Waals surface area contributed by atoms with E-state index in [1.54, 1.807) is 30.4 Å². The molecule has 0 saturated heterocycles. The maximum absolute atomic E-state index is 13.6. The van der Waals surface area contributed by atoms with Gasteiger partial charge < -0.3 is 5.32 Å². The number of carbonyl (C=O) groups is 1. The number of halogens is 1. The molecule has 0 unspecified atom stereocenters. The normalized spacial score (nSPS) is 10.8. The van der Waals surface area contributed by atoms with Crippen LogP contribution in [0.1, 0.15) is 11.3 Å². The van der Waals surface area contributed by atoms with E-state index in [1.165, 1.54) is 17.8 Å². The van der Waals surface area contributed by atoms with Crippen molar-refractivity contribution in [2.75, 3.05) is 11.1 Å². The topological polar surface area (TPSA) is 67.8 Å². The van der Waals surface area contributed by atoms with Crippen molar-refractivity contribution in [3.63, 3.8) is 0 Å². The molecule has 0 radical (unpaired) electrons. The second-order valence-electron chi connectivity index (χ2n) is 6.86. The number of anilines is 1. The molecule has 0 bridgehead atoms. The molecule has 4 aromatic rings. The highest BCUT2D eigenvalue weighted by Gasteiger charge is 2.13. The van der Waals surface area contributed by atoms with E-state index in [2.05, 4.69) is 20.5 Å². The minimum atomic E-state index is -0.347. The van der Waals surface area contributed by atoms with Gasteiger partial charge in [0.25, 0.3) is 0 Å². The lowest BCUT2D eigenvalue weighted by Gasteiger charge is -2.06. The highest BCUT2D eigenvalue weighted by Crippen LogP contribution is 2.34. The molecule has 0 aliphatic heterocycles. The number of hydrogen-bond acceptors (Lipinski definition) is 6. The van der Waals surface area contributed by atoms with Gasteiger partial charge in [-0.05, 0) is 43.7 Å². The zero-order valence-corrected chi connectivity index (χ0v) is 18.6. The van der Waals surface area contributed by atoms with Gasteiger partial charge in [-0.3, -0.25) is 4.79 Å². The number of aromatic nitrogens is 3. The summed E-state index contributed by atoms with van der Waals surface area (Å²) in [6, 6.07) is 18.4. The first-order valence-electron chi connectivity index (χ1n) is 9.55. The third-order valence-electron chi connectivity index (χ3n) is 4.50. The van der Waals surface area contributed by atoms with Crippen molar-refractivity contribution in [3.8, 4) is 21.1 Å². The van der Waals surface area contributed by atoms with Crippen LogP contribution in [0.15, 0.2) is 65.7 Å². The van der Waals surface area contributed by atoms with Gasteiger partial charge in [0.05, 0.1) is 16.3 Å². The number of nitrogens with zero attached hydrogens (tertiary/aromatic N) is 3. The van der Waals surface area contributed by atoms with Crippen molar-refractivity contribution in [1.29, 1.82) is 0 Å². The number of thioether (sulfide) groups is 1. The average molecular weight is 451 g/mol. The van der Waals surface area contributed by atoms with Crippen LogP contribution >= 0.6 is 23.1 Å². The number of nitrogens with one attached hydrogen (secondary N) is 1. The van der Waals surface area contributed by atoms with E-state index in [0.717, 1.165) is 26.8 Å². The van der Waals surface area contributed by atoms with Gasteiger partial charge in [-0.25, -0.2) is 9.37 Å². The van der Waals surface area contributed by atoms with Crippen LogP contribution in [0.4, 0.5) is 10.1 Å². The molecule has 0 aliphatic carbocycles. The van der Waals surface area contributed by atoms with Crippen molar-refractivity contribution < 1.29 is 9.18 Å². The predicted octanol–water partition coefficient (Wildman–Crippen LogP) is 5.75. The molecule has 1 amide bonds. The zero-order valence-electron chi connectivity index (χ0n) is 16.9. The Labute approximate surface area is 187 Å². The lowest BCUT2D eigenvalue weighted by Crippen LogP contribution is -2.14. The number of carbonyl (C=O) groups excluding carboxylic acids is 1. The summed E-state index contributed by atoms with van der Waals surface area (Å²) in [7, 11) is 0. The second-order valence-corrected chi connectivity index (χ2v) is 8.85. The number of hydrogen-bond donors (Lipinski definition) is 1. The van der Waals surface area contributed by atoms with E-state index in [-0.39, 0.29) is 17.5 Å². The summed E-state index contributed by atoms with van der Waals surface area (Å²) in [6.07, 6.45) is 0. The summed E-state index contributed by atoms with van der Waals surface area (Å²) in [5.41, 5.74) is 3.70. The molecule has 2 aromatic heterocycles. The fraction of sp³-hybridized carbons (Fsp3) is 0.130. The summed E-state index contributed by atoms with van der Waals surface area (Å²) in [4.78, 5) is 17.8. The summed E-state index contributed by atoms with van der Waals surface area (Å²) < 4.78 is 13.6. The Bertz CT molecular complexity index is 1210. The summed E-state index contributed by atoms with van der Waals surface area (Å²) >= 11 is 2.85. The summed E-state index contributed by atoms with van der Waals surface area (Å²) in [5.74, 6) is -0.424. The smallest absolute Gasteiger partial charge is 0.234 e. The molecule has 8 heteroatoms. The van der Waals surface area contributed by atoms with Crippen molar-refractivity contribution in [2.45, 2.75) is 18.9 Å². The minimum absolute atomic E-state index is 0.154. The van der Waals surface area contributed by atoms with E-state index in [0.29, 0.717) is 16.3 Å². The molecule has 2 aromatic carbocycles. The summed E-state index contributed by atoms with van der Waals surface area (Å²) in [6.45, 7) is 3.64. The molecule has 0 spiro atoms. The number of amides is 1. The third kappa shape index (κ3) is 5.15. The monoisotopic (exact) mass is 450 g/mol. The molecule has 0 saturated carbocycles. The Hall–Kier alpha value is -3.10. The van der Waals surface area contributed by atoms with Crippen LogP contribution in [-0.4, -0.2) is 26.8 Å². The highest BCUT2D eigenvalue weighted by atomic mass is 32.2. The Morgan fingerprint density at radius 2 is 1.87 bits per heavy atom. The largest absolute Gasteiger partial charge is 0.325 e. The maximum atomic E-state index is 13.6. The van der Waals surface area contributed by atoms with E-state index < -0.39 is 0 Å². The molecule has 156 valence electrons. The number of thiazole rings is 1. The Balaban J connectivity index is 1.39. The van der Waals surface area contributed by atoms with E-state index in [9.17, 15) is 9.18 Å². The van der Waals surface area contributed by atoms with Crippen LogP contribution in [0.2, 0.25) is 0 Å². The van der Waals surface area contributed by atoms with Crippen LogP contribution in [-0.2, 0) is 4.79 Å². The van der Waals surface area contributed by atoms with Gasteiger partial charge in [-0.15, -0.1) is 21.5 Å². The Morgan fingerprint density at radius 3 is 2.58 bits per heavy atom. The van der Waals surface area contributed by atoms with Gasteiger partial charge in [0.15, 0.2) is 0 Å². The van der Waals surface area contributed by atoms with E-state index in [1.807, 2.05) is 49.4 Å². The van der Waals surface area contributed by atoms with E-state index >= 15 is 0 Å². The third-order valence-corrected chi connectivity index (χ3v) is 6.65. The molecule has 2 heterocycles. The molecule has 0 atom stereocenters. The quantitative estimate of drug-likeness (QED) is 0.379. The number of benzene rings is 2. The highest BCUT2D eigenvalue weighted by molar-refractivity contribution is 7.99. The first-order chi connectivity index (χ1) is 15.0. The number of rotatable bonds is 6. The fourth-order valence-corrected chi connectivity index (χ4v) is 4.51. The fourth-order valence-electron chi connectivity index (χ4n) is 2.86. The summed E-state index contributed by atoms with van der Waals surface area (Å²) in [5, 5.41) is 12.8. The Morgan fingerprint density at radius 1 is 1.06 bits per heavy atom. The molecule has 5 nitrogen and oxygen atoms in total. The zero-order chi connectivity index (χ0) is 21.8. The van der Waals surface area contributed by atoms with Gasteiger partial charge in [-0.2, -0.15) is 0 Å². The van der Waals surface area contributed by atoms with Crippen molar-refractivity contribution in [3.05, 3.63) is 77.7 Å². The van der Waals surface area contributed by atoms with Crippen LogP contribution in [0.5, 0.6) is 0 Å². The molecule has 31 heavy (non-hydrogen) atoms. The van der Waals surface area contributed by atoms with Crippen molar-refractivity contribution >= 4 is 34.7 Å². The maximum Gasteiger partial charge on any atom is 0.234 e. The van der Waals surface area contributed by atoms with Crippen molar-refractivity contribution in [1.82, 2.24) is 15.2 Å². The SMILES string of the molecule is Cc1ccc(NC(=O)CSc2ccc(-c3sc(-c4ccccc4)nc3C)nn2)cc1F. The first kappa shape index (κ1) is 21.1. The predicted molar refractivity (Wildman–Crippen MR) is 124 cm³/mol. The average Bonchev–Trinajstić information content (AvgIpc) is 3.17. The molecule has 0 aliphatic rings. The lowest BCUT2D eigenvalue weighted by molar-refractivity contribution is -0.113. The molecule has 1 N–H and O–H groups in total. The van der Waals surface area contributed by atoms with Crippen LogP contribution in [0.25, 0.3) is 21.1 Å². The molecule has 0 fully saturated rings. The number of aryl methyl sites for hydroxylation is 2. The lowest BCUT2D eigenvalue weighted by atomic mass is 10.2. The van der Waals surface area contributed by atoms with E-state index in [4.69, 9.17) is 0 Å².